The first-order valence-corrected chi connectivity index (χ1v) is 6.99. The molecule has 1 amide bonds. The molecule has 0 aliphatic carbocycles. The monoisotopic (exact) mass is 297 g/mol. The molecule has 0 saturated carbocycles. The molecule has 1 aromatic heterocycles. The molecule has 0 atom stereocenters. The molecule has 1 saturated heterocycles. The number of nitriles is 1. The summed E-state index contributed by atoms with van der Waals surface area (Å²) in [4.78, 5) is 18.6. The molecule has 112 valence electrons. The number of fused-ring (bicyclic) bond motifs is 1. The number of carbonyl (C=O) groups excluding carboxylic acids is 1. The van der Waals surface area contributed by atoms with Crippen molar-refractivity contribution in [3.05, 3.63) is 35.4 Å². The molecule has 22 heavy (non-hydrogen) atoms. The van der Waals surface area contributed by atoms with Crippen molar-refractivity contribution >= 4 is 16.8 Å². The molecule has 0 unspecified atom stereocenters. The molecular formula is C16H15N3O3. The third kappa shape index (κ3) is 2.59. The van der Waals surface area contributed by atoms with E-state index in [0.29, 0.717) is 54.2 Å². The maximum absolute atomic E-state index is 12.5. The predicted octanol–water partition coefficient (Wildman–Crippen LogP) is 1.59. The molecule has 1 aliphatic heterocycles. The Balaban J connectivity index is 2.02. The van der Waals surface area contributed by atoms with Gasteiger partial charge < -0.3 is 14.4 Å². The summed E-state index contributed by atoms with van der Waals surface area (Å²) in [5.41, 5.74) is 1.63. The Hall–Kier alpha value is -2.65. The van der Waals surface area contributed by atoms with E-state index in [1.165, 1.54) is 7.11 Å². The molecule has 2 heterocycles. The van der Waals surface area contributed by atoms with Gasteiger partial charge >= 0.3 is 0 Å². The third-order valence-corrected chi connectivity index (χ3v) is 3.66. The summed E-state index contributed by atoms with van der Waals surface area (Å²) in [6.07, 6.45) is 0. The van der Waals surface area contributed by atoms with Crippen LogP contribution in [0.3, 0.4) is 0 Å². The number of morpholine rings is 1. The van der Waals surface area contributed by atoms with Crippen molar-refractivity contribution in [3.8, 4) is 11.9 Å². The van der Waals surface area contributed by atoms with Crippen molar-refractivity contribution in [2.75, 3.05) is 33.4 Å². The Morgan fingerprint density at radius 1 is 1.36 bits per heavy atom. The Morgan fingerprint density at radius 3 is 2.82 bits per heavy atom. The largest absolute Gasteiger partial charge is 0.481 e. The molecule has 6 nitrogen and oxygen atoms in total. The number of carbonyl (C=O) groups is 1. The van der Waals surface area contributed by atoms with Crippen molar-refractivity contribution in [2.45, 2.75) is 0 Å². The average Bonchev–Trinajstić information content (AvgIpc) is 2.60. The number of aromatic nitrogens is 1. The van der Waals surface area contributed by atoms with E-state index >= 15 is 0 Å². The molecule has 6 heteroatoms. The van der Waals surface area contributed by atoms with E-state index in [1.807, 2.05) is 0 Å². The quantitative estimate of drug-likeness (QED) is 0.841. The van der Waals surface area contributed by atoms with Crippen LogP contribution in [0, 0.1) is 11.3 Å². The molecule has 2 aromatic rings. The van der Waals surface area contributed by atoms with Gasteiger partial charge in [-0.15, -0.1) is 0 Å². The van der Waals surface area contributed by atoms with Crippen LogP contribution < -0.4 is 4.74 Å². The van der Waals surface area contributed by atoms with E-state index in [9.17, 15) is 10.1 Å². The highest BCUT2D eigenvalue weighted by Crippen LogP contribution is 2.23. The van der Waals surface area contributed by atoms with Crippen LogP contribution in [-0.4, -0.2) is 49.2 Å². The number of hydrogen-bond acceptors (Lipinski definition) is 5. The van der Waals surface area contributed by atoms with Gasteiger partial charge in [0.25, 0.3) is 5.91 Å². The minimum absolute atomic E-state index is 0.0510. The van der Waals surface area contributed by atoms with Crippen molar-refractivity contribution in [3.63, 3.8) is 0 Å². The smallest absolute Gasteiger partial charge is 0.254 e. The first-order valence-electron chi connectivity index (χ1n) is 6.99. The molecule has 3 rings (SSSR count). The lowest BCUT2D eigenvalue weighted by Gasteiger charge is -2.27. The Bertz CT molecular complexity index is 761. The summed E-state index contributed by atoms with van der Waals surface area (Å²) in [5, 5.41) is 9.94. The van der Waals surface area contributed by atoms with Gasteiger partial charge in [-0.25, -0.2) is 4.98 Å². The average molecular weight is 297 g/mol. The van der Waals surface area contributed by atoms with Crippen LogP contribution in [0.25, 0.3) is 10.9 Å². The molecule has 0 spiro atoms. The maximum atomic E-state index is 12.5. The van der Waals surface area contributed by atoms with Gasteiger partial charge in [0.2, 0.25) is 5.88 Å². The Kier molecular flexibility index (Phi) is 3.90. The lowest BCUT2D eigenvalue weighted by Crippen LogP contribution is -2.40. The number of ether oxygens (including phenoxy) is 2. The summed E-state index contributed by atoms with van der Waals surface area (Å²) in [6, 6.07) is 8.89. The maximum Gasteiger partial charge on any atom is 0.254 e. The van der Waals surface area contributed by atoms with Crippen LogP contribution in [0.5, 0.6) is 5.88 Å². The summed E-state index contributed by atoms with van der Waals surface area (Å²) >= 11 is 0. The summed E-state index contributed by atoms with van der Waals surface area (Å²) in [5.74, 6) is 0.334. The van der Waals surface area contributed by atoms with Gasteiger partial charge in [0.1, 0.15) is 6.07 Å². The molecule has 1 fully saturated rings. The van der Waals surface area contributed by atoms with Crippen LogP contribution in [-0.2, 0) is 4.74 Å². The second-order valence-electron chi connectivity index (χ2n) is 4.96. The predicted molar refractivity (Wildman–Crippen MR) is 79.7 cm³/mol. The molecular weight excluding hydrogens is 282 g/mol. The van der Waals surface area contributed by atoms with Crippen molar-refractivity contribution in [1.29, 1.82) is 5.26 Å². The van der Waals surface area contributed by atoms with Gasteiger partial charge in [-0.3, -0.25) is 4.79 Å². The minimum Gasteiger partial charge on any atom is -0.481 e. The summed E-state index contributed by atoms with van der Waals surface area (Å²) < 4.78 is 10.3. The zero-order valence-corrected chi connectivity index (χ0v) is 12.2. The van der Waals surface area contributed by atoms with Crippen LogP contribution in [0.2, 0.25) is 0 Å². The first kappa shape index (κ1) is 14.3. The van der Waals surface area contributed by atoms with Gasteiger partial charge in [0.15, 0.2) is 0 Å². The highest BCUT2D eigenvalue weighted by molar-refractivity contribution is 5.99. The minimum atomic E-state index is -0.0510. The zero-order valence-electron chi connectivity index (χ0n) is 12.2. The fourth-order valence-electron chi connectivity index (χ4n) is 2.48. The standard InChI is InChI=1S/C16H15N3O3/c1-21-15-9-12(10-17)13-8-11(2-3-14(13)18-15)16(20)19-4-6-22-7-5-19/h2-3,8-9H,4-7H2,1H3. The van der Waals surface area contributed by atoms with E-state index in [0.717, 1.165) is 0 Å². The van der Waals surface area contributed by atoms with Crippen LogP contribution in [0.15, 0.2) is 24.3 Å². The number of nitrogens with zero attached hydrogens (tertiary/aromatic N) is 3. The number of benzene rings is 1. The number of pyridine rings is 1. The molecule has 1 aromatic carbocycles. The van der Waals surface area contributed by atoms with Crippen molar-refractivity contribution in [1.82, 2.24) is 9.88 Å². The van der Waals surface area contributed by atoms with Gasteiger partial charge in [-0.05, 0) is 18.2 Å². The second-order valence-corrected chi connectivity index (χ2v) is 4.96. The van der Waals surface area contributed by atoms with Crippen molar-refractivity contribution in [2.24, 2.45) is 0 Å². The summed E-state index contributed by atoms with van der Waals surface area (Å²) in [7, 11) is 1.51. The number of hydrogen-bond donors (Lipinski definition) is 0. The number of rotatable bonds is 2. The van der Waals surface area contributed by atoms with Crippen LogP contribution >= 0.6 is 0 Å². The van der Waals surface area contributed by atoms with Gasteiger partial charge in [-0.2, -0.15) is 5.26 Å². The van der Waals surface area contributed by atoms with Crippen LogP contribution in [0.1, 0.15) is 15.9 Å². The fraction of sp³-hybridized carbons (Fsp3) is 0.312. The molecule has 0 bridgehead atoms. The molecule has 1 aliphatic rings. The lowest BCUT2D eigenvalue weighted by atomic mass is 10.1. The highest BCUT2D eigenvalue weighted by Gasteiger charge is 2.19. The van der Waals surface area contributed by atoms with Gasteiger partial charge in [0.05, 0.1) is 31.4 Å². The van der Waals surface area contributed by atoms with E-state index in [4.69, 9.17) is 9.47 Å². The number of methoxy groups -OCH3 is 1. The SMILES string of the molecule is COc1cc(C#N)c2cc(C(=O)N3CCOCC3)ccc2n1. The van der Waals surface area contributed by atoms with E-state index in [-0.39, 0.29) is 5.91 Å². The molecule has 0 radical (unpaired) electrons. The molecule has 0 N–H and O–H groups in total. The first-order chi connectivity index (χ1) is 10.7. The topological polar surface area (TPSA) is 75.5 Å². The van der Waals surface area contributed by atoms with E-state index < -0.39 is 0 Å². The highest BCUT2D eigenvalue weighted by atomic mass is 16.5. The van der Waals surface area contributed by atoms with E-state index in [2.05, 4.69) is 11.1 Å². The van der Waals surface area contributed by atoms with Gasteiger partial charge in [-0.1, -0.05) is 0 Å². The zero-order chi connectivity index (χ0) is 15.5. The van der Waals surface area contributed by atoms with Crippen molar-refractivity contribution < 1.29 is 14.3 Å². The summed E-state index contributed by atoms with van der Waals surface area (Å²) in [6.45, 7) is 2.29. The van der Waals surface area contributed by atoms with Gasteiger partial charge in [0, 0.05) is 30.1 Å². The second kappa shape index (κ2) is 6.00. The normalized spacial score (nSPS) is 14.6. The lowest BCUT2D eigenvalue weighted by molar-refractivity contribution is 0.0303. The number of amides is 1. The Labute approximate surface area is 127 Å². The Morgan fingerprint density at radius 2 is 2.14 bits per heavy atom. The van der Waals surface area contributed by atoms with Crippen LogP contribution in [0.4, 0.5) is 0 Å². The van der Waals surface area contributed by atoms with E-state index in [1.54, 1.807) is 29.2 Å². The third-order valence-electron chi connectivity index (χ3n) is 3.66. The fourth-order valence-corrected chi connectivity index (χ4v) is 2.48.